The molecule has 9 nitrogen and oxygen atoms in total. The highest BCUT2D eigenvalue weighted by atomic mass is 28.4. The molecule has 0 N–H and O–H groups in total. The fourth-order valence-electron chi connectivity index (χ4n) is 4.99. The maximum absolute atomic E-state index is 5.66. The van der Waals surface area contributed by atoms with Gasteiger partial charge in [0, 0.05) is 82.1 Å². The van der Waals surface area contributed by atoms with Crippen molar-refractivity contribution in [1.29, 1.82) is 0 Å². The third kappa shape index (κ3) is 10.3. The van der Waals surface area contributed by atoms with E-state index in [0.29, 0.717) is 0 Å². The minimum Gasteiger partial charge on any atom is -0.377 e. The number of hydrogen-bond donors (Lipinski definition) is 0. The quantitative estimate of drug-likeness (QED) is 0.169. The second-order valence-corrected chi connectivity index (χ2v) is 18.0. The van der Waals surface area contributed by atoms with E-state index in [1.165, 1.54) is 0 Å². The van der Waals surface area contributed by atoms with Gasteiger partial charge in [0.1, 0.15) is 0 Å². The van der Waals surface area contributed by atoms with Crippen molar-refractivity contribution in [3.05, 3.63) is 0 Å². The molecule has 0 bridgehead atoms. The normalized spacial score (nSPS) is 13.6. The van der Waals surface area contributed by atoms with Crippen LogP contribution < -0.4 is 0 Å². The Kier molecular flexibility index (Phi) is 17.8. The van der Waals surface area contributed by atoms with E-state index in [-0.39, 0.29) is 5.41 Å². The van der Waals surface area contributed by atoms with E-state index >= 15 is 0 Å². The zero-order chi connectivity index (χ0) is 26.1. The zero-order valence-corrected chi connectivity index (χ0v) is 26.5. The monoisotopic (exact) mass is 544 g/mol. The SMILES string of the molecule is CCCC(CCC[Si](OC)(OC)OC)(CCC[Si](OC)(OC)OC)CCC[Si](OC)(OC)OC. The topological polar surface area (TPSA) is 83.1 Å². The van der Waals surface area contributed by atoms with Gasteiger partial charge in [-0.05, 0) is 50.4 Å². The molecule has 0 aliphatic rings. The first-order valence-corrected chi connectivity index (χ1v) is 18.0. The van der Waals surface area contributed by atoms with Crippen molar-refractivity contribution in [3.63, 3.8) is 0 Å². The molecule has 0 aromatic carbocycles. The summed E-state index contributed by atoms with van der Waals surface area (Å²) in [5.74, 6) is 0. The Balaban J connectivity index is 5.54. The summed E-state index contributed by atoms with van der Waals surface area (Å²) in [5, 5.41) is 0. The summed E-state index contributed by atoms with van der Waals surface area (Å²) in [6.45, 7) is 2.25. The van der Waals surface area contributed by atoms with Crippen LogP contribution in [-0.2, 0) is 39.8 Å². The summed E-state index contributed by atoms with van der Waals surface area (Å²) >= 11 is 0. The second kappa shape index (κ2) is 17.7. The molecule has 0 saturated carbocycles. The van der Waals surface area contributed by atoms with Gasteiger partial charge in [0.2, 0.25) is 0 Å². The van der Waals surface area contributed by atoms with Crippen LogP contribution in [0.25, 0.3) is 0 Å². The van der Waals surface area contributed by atoms with E-state index in [4.69, 9.17) is 39.8 Å². The highest BCUT2D eigenvalue weighted by Gasteiger charge is 2.42. The van der Waals surface area contributed by atoms with Crippen LogP contribution in [0.1, 0.15) is 58.3 Å². The van der Waals surface area contributed by atoms with Crippen LogP contribution in [0, 0.1) is 5.41 Å². The average molecular weight is 545 g/mol. The van der Waals surface area contributed by atoms with Crippen LogP contribution in [0.5, 0.6) is 0 Å². The Labute approximate surface area is 212 Å². The molecular weight excluding hydrogens is 492 g/mol. The van der Waals surface area contributed by atoms with Gasteiger partial charge in [0.05, 0.1) is 0 Å². The van der Waals surface area contributed by atoms with E-state index in [2.05, 4.69) is 6.92 Å². The van der Waals surface area contributed by atoms with Gasteiger partial charge in [-0.3, -0.25) is 0 Å². The first-order chi connectivity index (χ1) is 16.2. The highest BCUT2D eigenvalue weighted by molar-refractivity contribution is 6.61. The fourth-order valence-corrected chi connectivity index (χ4v) is 10.2. The standard InChI is InChI=1S/C22H52O9Si3/c1-11-15-22(16-12-19-32(23-2,24-3)25-4,17-13-20-33(26-5,27-6)28-7)18-14-21-34(29-8,30-9)31-10/h11-21H2,1-10H3. The Morgan fingerprint density at radius 1 is 0.412 bits per heavy atom. The van der Waals surface area contributed by atoms with Gasteiger partial charge in [-0.15, -0.1) is 0 Å². The Hall–Kier alpha value is 0.291. The smallest absolute Gasteiger partial charge is 0.377 e. The average Bonchev–Trinajstić information content (AvgIpc) is 2.88. The minimum atomic E-state index is -2.60. The predicted molar refractivity (Wildman–Crippen MR) is 140 cm³/mol. The van der Waals surface area contributed by atoms with Crippen LogP contribution in [0.3, 0.4) is 0 Å². The molecular formula is C22H52O9Si3. The van der Waals surface area contributed by atoms with Crippen molar-refractivity contribution in [2.75, 3.05) is 64.0 Å². The summed E-state index contributed by atoms with van der Waals surface area (Å²) in [6.07, 6.45) is 8.37. The molecule has 0 radical (unpaired) electrons. The minimum absolute atomic E-state index is 0.162. The maximum atomic E-state index is 5.66. The Morgan fingerprint density at radius 3 is 0.824 bits per heavy atom. The molecule has 0 amide bonds. The predicted octanol–water partition coefficient (Wildman–Crippen LogP) is 4.75. The molecule has 0 rings (SSSR count). The summed E-state index contributed by atoms with van der Waals surface area (Å²) < 4.78 is 50.9. The summed E-state index contributed by atoms with van der Waals surface area (Å²) in [6, 6.07) is 2.38. The molecule has 0 aliphatic heterocycles. The van der Waals surface area contributed by atoms with Gasteiger partial charge < -0.3 is 39.8 Å². The molecule has 0 unspecified atom stereocenters. The summed E-state index contributed by atoms with van der Waals surface area (Å²) in [4.78, 5) is 0. The highest BCUT2D eigenvalue weighted by Crippen LogP contribution is 2.43. The van der Waals surface area contributed by atoms with Crippen LogP contribution >= 0.6 is 0 Å². The van der Waals surface area contributed by atoms with E-state index in [1.807, 2.05) is 0 Å². The number of rotatable bonds is 23. The molecule has 0 heterocycles. The second-order valence-electron chi connectivity index (χ2n) is 8.70. The third-order valence-corrected chi connectivity index (χ3v) is 15.6. The van der Waals surface area contributed by atoms with Crippen molar-refractivity contribution in [3.8, 4) is 0 Å². The van der Waals surface area contributed by atoms with Crippen LogP contribution in [0.4, 0.5) is 0 Å². The lowest BCUT2D eigenvalue weighted by Gasteiger charge is -2.37. The van der Waals surface area contributed by atoms with E-state index in [9.17, 15) is 0 Å². The van der Waals surface area contributed by atoms with Crippen LogP contribution in [0.15, 0.2) is 0 Å². The summed E-state index contributed by atoms with van der Waals surface area (Å²) in [5.41, 5.74) is 0.162. The van der Waals surface area contributed by atoms with E-state index < -0.39 is 26.4 Å². The molecule has 34 heavy (non-hydrogen) atoms. The van der Waals surface area contributed by atoms with Crippen LogP contribution in [0.2, 0.25) is 18.1 Å². The lowest BCUT2D eigenvalue weighted by atomic mass is 9.72. The Morgan fingerprint density at radius 2 is 0.647 bits per heavy atom. The molecule has 0 aromatic rings. The molecule has 0 saturated heterocycles. The van der Waals surface area contributed by atoms with Crippen molar-refractivity contribution >= 4 is 26.4 Å². The molecule has 12 heteroatoms. The largest absolute Gasteiger partial charge is 0.500 e. The van der Waals surface area contributed by atoms with E-state index in [1.54, 1.807) is 64.0 Å². The first kappa shape index (κ1) is 34.3. The van der Waals surface area contributed by atoms with Gasteiger partial charge in [-0.2, -0.15) is 0 Å². The van der Waals surface area contributed by atoms with Gasteiger partial charge in [0.25, 0.3) is 0 Å². The van der Waals surface area contributed by atoms with Crippen molar-refractivity contribution in [1.82, 2.24) is 0 Å². The molecule has 206 valence electrons. The summed E-state index contributed by atoms with van der Waals surface area (Å²) in [7, 11) is 7.26. The van der Waals surface area contributed by atoms with Crippen molar-refractivity contribution in [2.24, 2.45) is 5.41 Å². The van der Waals surface area contributed by atoms with Gasteiger partial charge in [-0.25, -0.2) is 0 Å². The van der Waals surface area contributed by atoms with Gasteiger partial charge in [-0.1, -0.05) is 13.3 Å². The lowest BCUT2D eigenvalue weighted by Crippen LogP contribution is -2.43. The molecule has 0 fully saturated rings. The lowest BCUT2D eigenvalue weighted by molar-refractivity contribution is 0.111. The fraction of sp³-hybridized carbons (Fsp3) is 1.00. The first-order valence-electron chi connectivity index (χ1n) is 12.2. The molecule has 0 aliphatic carbocycles. The van der Waals surface area contributed by atoms with Gasteiger partial charge >= 0.3 is 26.4 Å². The van der Waals surface area contributed by atoms with Crippen molar-refractivity contribution < 1.29 is 39.8 Å². The third-order valence-electron chi connectivity index (χ3n) is 7.15. The maximum Gasteiger partial charge on any atom is 0.500 e. The molecule has 0 atom stereocenters. The van der Waals surface area contributed by atoms with Crippen molar-refractivity contribution in [2.45, 2.75) is 76.4 Å². The Bertz CT molecular complexity index is 413. The van der Waals surface area contributed by atoms with E-state index in [0.717, 1.165) is 69.5 Å². The van der Waals surface area contributed by atoms with Gasteiger partial charge in [0.15, 0.2) is 0 Å². The van der Waals surface area contributed by atoms with Crippen LogP contribution in [-0.4, -0.2) is 90.4 Å². The molecule has 0 aromatic heterocycles. The molecule has 0 spiro atoms. The zero-order valence-electron chi connectivity index (χ0n) is 23.5. The number of hydrogen-bond acceptors (Lipinski definition) is 9.